The van der Waals surface area contributed by atoms with E-state index in [1.807, 2.05) is 0 Å². The van der Waals surface area contributed by atoms with Gasteiger partial charge in [0.15, 0.2) is 0 Å². The molecule has 1 aromatic carbocycles. The van der Waals surface area contributed by atoms with Gasteiger partial charge in [0.25, 0.3) is 0 Å². The van der Waals surface area contributed by atoms with Gasteiger partial charge in [0.05, 0.1) is 0 Å². The van der Waals surface area contributed by atoms with E-state index >= 15 is 0 Å². The number of aryl methyl sites for hydroxylation is 1. The fraction of sp³-hybridized carbons (Fsp3) is 0.500. The molecule has 0 bridgehead atoms. The molecule has 0 aromatic heterocycles. The Kier molecular flexibility index (Phi) is 4.55. The molecule has 1 unspecified atom stereocenters. The van der Waals surface area contributed by atoms with E-state index in [-0.39, 0.29) is 0 Å². The van der Waals surface area contributed by atoms with Crippen molar-refractivity contribution in [2.75, 3.05) is 6.54 Å². The van der Waals surface area contributed by atoms with Crippen LogP contribution in [0.2, 0.25) is 0 Å². The number of benzene rings is 1. The maximum atomic E-state index is 5.50. The van der Waals surface area contributed by atoms with Crippen LogP contribution in [0.4, 0.5) is 0 Å². The largest absolute Gasteiger partial charge is 0.330 e. The molecule has 0 aliphatic rings. The van der Waals surface area contributed by atoms with E-state index in [4.69, 9.17) is 5.73 Å². The van der Waals surface area contributed by atoms with E-state index in [0.29, 0.717) is 0 Å². The Bertz CT molecular complexity index is 218. The SMILES string of the molecule is CC(CCN)CCc1ccccc1. The predicted octanol–water partition coefficient (Wildman–Crippen LogP) is 2.60. The lowest BCUT2D eigenvalue weighted by Gasteiger charge is -2.08. The molecule has 1 aromatic rings. The van der Waals surface area contributed by atoms with Crippen molar-refractivity contribution in [1.82, 2.24) is 0 Å². The summed E-state index contributed by atoms with van der Waals surface area (Å²) >= 11 is 0. The molecule has 72 valence electrons. The third-order valence-electron chi connectivity index (χ3n) is 2.43. The summed E-state index contributed by atoms with van der Waals surface area (Å²) < 4.78 is 0. The van der Waals surface area contributed by atoms with Gasteiger partial charge >= 0.3 is 0 Å². The molecule has 0 spiro atoms. The summed E-state index contributed by atoms with van der Waals surface area (Å²) in [7, 11) is 0. The van der Waals surface area contributed by atoms with Crippen LogP contribution in [0, 0.1) is 5.92 Å². The van der Waals surface area contributed by atoms with Gasteiger partial charge in [-0.15, -0.1) is 0 Å². The first-order valence-corrected chi connectivity index (χ1v) is 5.07. The summed E-state index contributed by atoms with van der Waals surface area (Å²) in [6.45, 7) is 3.09. The lowest BCUT2D eigenvalue weighted by Crippen LogP contribution is -2.06. The fourth-order valence-corrected chi connectivity index (χ4v) is 1.49. The van der Waals surface area contributed by atoms with Gasteiger partial charge in [0.2, 0.25) is 0 Å². The molecule has 0 fully saturated rings. The van der Waals surface area contributed by atoms with Crippen molar-refractivity contribution in [3.63, 3.8) is 0 Å². The molecule has 1 atom stereocenters. The van der Waals surface area contributed by atoms with Gasteiger partial charge in [0, 0.05) is 0 Å². The summed E-state index contributed by atoms with van der Waals surface area (Å²) in [5.41, 5.74) is 6.93. The van der Waals surface area contributed by atoms with E-state index in [9.17, 15) is 0 Å². The molecule has 1 heteroatoms. The second kappa shape index (κ2) is 5.76. The van der Waals surface area contributed by atoms with Crippen LogP contribution in [0.3, 0.4) is 0 Å². The smallest absolute Gasteiger partial charge is 0.00747 e. The van der Waals surface area contributed by atoms with Gasteiger partial charge in [-0.1, -0.05) is 37.3 Å². The molecule has 0 aliphatic heterocycles. The van der Waals surface area contributed by atoms with Crippen molar-refractivity contribution < 1.29 is 0 Å². The summed E-state index contributed by atoms with van der Waals surface area (Å²) in [5.74, 6) is 0.755. The molecule has 0 radical (unpaired) electrons. The Hall–Kier alpha value is -0.820. The van der Waals surface area contributed by atoms with Crippen LogP contribution in [0.5, 0.6) is 0 Å². The average molecular weight is 177 g/mol. The van der Waals surface area contributed by atoms with Crippen molar-refractivity contribution in [3.05, 3.63) is 35.9 Å². The zero-order valence-electron chi connectivity index (χ0n) is 8.37. The van der Waals surface area contributed by atoms with Crippen molar-refractivity contribution in [3.8, 4) is 0 Å². The molecule has 0 amide bonds. The fourth-order valence-electron chi connectivity index (χ4n) is 1.49. The highest BCUT2D eigenvalue weighted by molar-refractivity contribution is 5.14. The summed E-state index contributed by atoms with van der Waals surface area (Å²) in [6, 6.07) is 10.6. The molecule has 13 heavy (non-hydrogen) atoms. The second-order valence-corrected chi connectivity index (χ2v) is 3.71. The van der Waals surface area contributed by atoms with Gasteiger partial charge in [-0.25, -0.2) is 0 Å². The normalized spacial score (nSPS) is 12.8. The molecule has 0 aliphatic carbocycles. The minimum atomic E-state index is 0.755. The maximum Gasteiger partial charge on any atom is -0.00747 e. The Morgan fingerprint density at radius 3 is 2.46 bits per heavy atom. The molecule has 0 saturated carbocycles. The first kappa shape index (κ1) is 10.3. The minimum Gasteiger partial charge on any atom is -0.330 e. The first-order valence-electron chi connectivity index (χ1n) is 5.07. The van der Waals surface area contributed by atoms with Crippen LogP contribution in [0.1, 0.15) is 25.3 Å². The number of hydrogen-bond acceptors (Lipinski definition) is 1. The van der Waals surface area contributed by atoms with Crippen molar-refractivity contribution in [1.29, 1.82) is 0 Å². The van der Waals surface area contributed by atoms with E-state index in [1.165, 1.54) is 18.4 Å². The molecule has 2 N–H and O–H groups in total. The Labute approximate surface area is 81.0 Å². The summed E-state index contributed by atoms with van der Waals surface area (Å²) in [6.07, 6.45) is 3.58. The zero-order valence-corrected chi connectivity index (χ0v) is 8.37. The standard InChI is InChI=1S/C12H19N/c1-11(9-10-13)7-8-12-5-3-2-4-6-12/h2-6,11H,7-10,13H2,1H3. The molecule has 1 rings (SSSR count). The third kappa shape index (κ3) is 4.09. The third-order valence-corrected chi connectivity index (χ3v) is 2.43. The van der Waals surface area contributed by atoms with Crippen LogP contribution in [0.25, 0.3) is 0 Å². The summed E-state index contributed by atoms with van der Waals surface area (Å²) in [5, 5.41) is 0. The van der Waals surface area contributed by atoms with E-state index in [1.54, 1.807) is 0 Å². The van der Waals surface area contributed by atoms with Gasteiger partial charge in [-0.3, -0.25) is 0 Å². The second-order valence-electron chi connectivity index (χ2n) is 3.71. The van der Waals surface area contributed by atoms with E-state index < -0.39 is 0 Å². The predicted molar refractivity (Wildman–Crippen MR) is 57.6 cm³/mol. The topological polar surface area (TPSA) is 26.0 Å². The lowest BCUT2D eigenvalue weighted by molar-refractivity contribution is 0.500. The van der Waals surface area contributed by atoms with Crippen LogP contribution in [-0.2, 0) is 6.42 Å². The molecule has 1 nitrogen and oxygen atoms in total. The highest BCUT2D eigenvalue weighted by Gasteiger charge is 2.00. The highest BCUT2D eigenvalue weighted by atomic mass is 14.5. The monoisotopic (exact) mass is 177 g/mol. The van der Waals surface area contributed by atoms with Gasteiger partial charge in [-0.2, -0.15) is 0 Å². The van der Waals surface area contributed by atoms with Crippen molar-refractivity contribution in [2.24, 2.45) is 11.7 Å². The van der Waals surface area contributed by atoms with Crippen molar-refractivity contribution in [2.45, 2.75) is 26.2 Å². The molecular formula is C12H19N. The van der Waals surface area contributed by atoms with Crippen molar-refractivity contribution >= 4 is 0 Å². The average Bonchev–Trinajstić information content (AvgIpc) is 2.17. The Morgan fingerprint density at radius 1 is 1.15 bits per heavy atom. The molecule has 0 heterocycles. The Morgan fingerprint density at radius 2 is 1.85 bits per heavy atom. The van der Waals surface area contributed by atoms with Gasteiger partial charge in [0.1, 0.15) is 0 Å². The maximum absolute atomic E-state index is 5.50. The van der Waals surface area contributed by atoms with Gasteiger partial charge < -0.3 is 5.73 Å². The molecular weight excluding hydrogens is 158 g/mol. The van der Waals surface area contributed by atoms with Crippen LogP contribution in [-0.4, -0.2) is 6.54 Å². The first-order chi connectivity index (χ1) is 6.33. The zero-order chi connectivity index (χ0) is 9.52. The van der Waals surface area contributed by atoms with E-state index in [2.05, 4.69) is 37.3 Å². The lowest BCUT2D eigenvalue weighted by atomic mass is 9.98. The molecule has 0 saturated heterocycles. The highest BCUT2D eigenvalue weighted by Crippen LogP contribution is 2.11. The summed E-state index contributed by atoms with van der Waals surface area (Å²) in [4.78, 5) is 0. The minimum absolute atomic E-state index is 0.755. The quantitative estimate of drug-likeness (QED) is 0.735. The van der Waals surface area contributed by atoms with Crippen LogP contribution in [0.15, 0.2) is 30.3 Å². The van der Waals surface area contributed by atoms with Gasteiger partial charge in [-0.05, 0) is 37.3 Å². The number of nitrogens with two attached hydrogens (primary N) is 1. The van der Waals surface area contributed by atoms with Crippen LogP contribution >= 0.6 is 0 Å². The number of rotatable bonds is 5. The van der Waals surface area contributed by atoms with Crippen LogP contribution < -0.4 is 5.73 Å². The Balaban J connectivity index is 2.27. The number of hydrogen-bond donors (Lipinski definition) is 1. The van der Waals surface area contributed by atoms with E-state index in [0.717, 1.165) is 18.9 Å².